The number of rotatable bonds is 9. The molecule has 0 aromatic heterocycles. The molecule has 110 valence electrons. The van der Waals surface area contributed by atoms with Crippen molar-refractivity contribution in [2.24, 2.45) is 5.73 Å². The van der Waals surface area contributed by atoms with Crippen molar-refractivity contribution in [1.29, 1.82) is 0 Å². The Balaban J connectivity index is 2.28. The van der Waals surface area contributed by atoms with Gasteiger partial charge in [0.05, 0.1) is 0 Å². The quantitative estimate of drug-likeness (QED) is 0.534. The lowest BCUT2D eigenvalue weighted by molar-refractivity contribution is -0.116. The fourth-order valence-electron chi connectivity index (χ4n) is 2.04. The molecule has 20 heavy (non-hydrogen) atoms. The highest BCUT2D eigenvalue weighted by Gasteiger charge is 2.03. The Hall–Kier alpha value is -1.42. The minimum Gasteiger partial charge on any atom is -0.389 e. The van der Waals surface area contributed by atoms with Crippen molar-refractivity contribution < 1.29 is 4.79 Å². The van der Waals surface area contributed by atoms with Gasteiger partial charge in [0.25, 0.3) is 0 Å². The smallest absolute Gasteiger partial charge is 0.224 e. The summed E-state index contributed by atoms with van der Waals surface area (Å²) in [6.07, 6.45) is 7.68. The van der Waals surface area contributed by atoms with Gasteiger partial charge in [-0.3, -0.25) is 4.79 Å². The fourth-order valence-corrected chi connectivity index (χ4v) is 2.17. The number of amides is 1. The monoisotopic (exact) mass is 292 g/mol. The SMILES string of the molecule is CCCCCCCCC(=O)Nc1cccc(C(N)=S)c1. The number of carbonyl (C=O) groups excluding carboxylic acids is 1. The third-order valence-corrected chi connectivity index (χ3v) is 3.42. The maximum atomic E-state index is 11.8. The van der Waals surface area contributed by atoms with Crippen molar-refractivity contribution >= 4 is 28.8 Å². The van der Waals surface area contributed by atoms with Crippen LogP contribution in [0.5, 0.6) is 0 Å². The van der Waals surface area contributed by atoms with Crippen LogP contribution in [0, 0.1) is 0 Å². The van der Waals surface area contributed by atoms with Crippen molar-refractivity contribution in [1.82, 2.24) is 0 Å². The van der Waals surface area contributed by atoms with E-state index < -0.39 is 0 Å². The number of hydrogen-bond acceptors (Lipinski definition) is 2. The maximum absolute atomic E-state index is 11.8. The molecule has 1 amide bonds. The van der Waals surface area contributed by atoms with Crippen LogP contribution in [0.3, 0.4) is 0 Å². The zero-order valence-corrected chi connectivity index (χ0v) is 13.0. The first kappa shape index (κ1) is 16.6. The number of carbonyl (C=O) groups is 1. The Morgan fingerprint density at radius 1 is 1.20 bits per heavy atom. The van der Waals surface area contributed by atoms with E-state index in [1.54, 1.807) is 0 Å². The summed E-state index contributed by atoms with van der Waals surface area (Å²) in [4.78, 5) is 12.2. The van der Waals surface area contributed by atoms with Gasteiger partial charge < -0.3 is 11.1 Å². The van der Waals surface area contributed by atoms with E-state index >= 15 is 0 Å². The van der Waals surface area contributed by atoms with E-state index in [2.05, 4.69) is 12.2 Å². The van der Waals surface area contributed by atoms with Gasteiger partial charge in [0, 0.05) is 17.7 Å². The number of unbranched alkanes of at least 4 members (excludes halogenated alkanes) is 5. The van der Waals surface area contributed by atoms with Crippen molar-refractivity contribution in [3.63, 3.8) is 0 Å². The second kappa shape index (κ2) is 9.48. The summed E-state index contributed by atoms with van der Waals surface area (Å²) in [5, 5.41) is 2.89. The molecule has 1 aromatic carbocycles. The van der Waals surface area contributed by atoms with Crippen LogP contribution in [0.1, 0.15) is 57.4 Å². The molecule has 0 spiro atoms. The van der Waals surface area contributed by atoms with Gasteiger partial charge in [-0.15, -0.1) is 0 Å². The number of nitrogens with one attached hydrogen (secondary N) is 1. The summed E-state index contributed by atoms with van der Waals surface area (Å²) in [7, 11) is 0. The van der Waals surface area contributed by atoms with Crippen molar-refractivity contribution in [2.45, 2.75) is 51.9 Å². The van der Waals surface area contributed by atoms with Gasteiger partial charge in [-0.05, 0) is 18.6 Å². The normalized spacial score (nSPS) is 10.2. The highest BCUT2D eigenvalue weighted by Crippen LogP contribution is 2.12. The fraction of sp³-hybridized carbons (Fsp3) is 0.500. The molecule has 0 fully saturated rings. The van der Waals surface area contributed by atoms with E-state index in [1.165, 1.54) is 25.7 Å². The van der Waals surface area contributed by atoms with E-state index in [0.717, 1.165) is 24.1 Å². The summed E-state index contributed by atoms with van der Waals surface area (Å²) >= 11 is 4.92. The molecule has 1 aromatic rings. The third kappa shape index (κ3) is 6.66. The Kier molecular flexibility index (Phi) is 7.88. The molecule has 0 bridgehead atoms. The predicted molar refractivity (Wildman–Crippen MR) is 89.0 cm³/mol. The van der Waals surface area contributed by atoms with Gasteiger partial charge in [0.1, 0.15) is 4.99 Å². The number of thiocarbonyl (C=S) groups is 1. The van der Waals surface area contributed by atoms with Crippen molar-refractivity contribution in [3.05, 3.63) is 29.8 Å². The molecule has 0 heterocycles. The van der Waals surface area contributed by atoms with Crippen molar-refractivity contribution in [2.75, 3.05) is 5.32 Å². The molecule has 0 saturated carbocycles. The van der Waals surface area contributed by atoms with Gasteiger partial charge in [-0.2, -0.15) is 0 Å². The summed E-state index contributed by atoms with van der Waals surface area (Å²) < 4.78 is 0. The molecule has 0 radical (unpaired) electrons. The molecule has 3 N–H and O–H groups in total. The van der Waals surface area contributed by atoms with Crippen LogP contribution in [0.2, 0.25) is 0 Å². The van der Waals surface area contributed by atoms with Crippen LogP contribution in [-0.4, -0.2) is 10.9 Å². The topological polar surface area (TPSA) is 55.1 Å². The number of benzene rings is 1. The van der Waals surface area contributed by atoms with Crippen LogP contribution < -0.4 is 11.1 Å². The number of hydrogen-bond donors (Lipinski definition) is 2. The largest absolute Gasteiger partial charge is 0.389 e. The molecule has 0 aliphatic heterocycles. The van der Waals surface area contributed by atoms with Crippen LogP contribution in [0.15, 0.2) is 24.3 Å². The maximum Gasteiger partial charge on any atom is 0.224 e. The van der Waals surface area contributed by atoms with Gasteiger partial charge >= 0.3 is 0 Å². The van der Waals surface area contributed by atoms with Gasteiger partial charge in [-0.1, -0.05) is 63.4 Å². The molecule has 0 atom stereocenters. The van der Waals surface area contributed by atoms with Crippen molar-refractivity contribution in [3.8, 4) is 0 Å². The Morgan fingerprint density at radius 3 is 2.60 bits per heavy atom. The van der Waals surface area contributed by atoms with Crippen LogP contribution >= 0.6 is 12.2 Å². The lowest BCUT2D eigenvalue weighted by atomic mass is 10.1. The van der Waals surface area contributed by atoms with E-state index in [4.69, 9.17) is 18.0 Å². The summed E-state index contributed by atoms with van der Waals surface area (Å²) in [5.41, 5.74) is 7.10. The minimum absolute atomic E-state index is 0.0561. The Labute approximate surface area is 126 Å². The van der Waals surface area contributed by atoms with E-state index in [9.17, 15) is 4.79 Å². The van der Waals surface area contributed by atoms with E-state index in [0.29, 0.717) is 11.4 Å². The molecule has 0 aliphatic rings. The molecule has 4 heteroatoms. The lowest BCUT2D eigenvalue weighted by Gasteiger charge is -2.07. The van der Waals surface area contributed by atoms with E-state index in [1.807, 2.05) is 24.3 Å². The van der Waals surface area contributed by atoms with E-state index in [-0.39, 0.29) is 5.91 Å². The highest BCUT2D eigenvalue weighted by atomic mass is 32.1. The molecular weight excluding hydrogens is 268 g/mol. The number of anilines is 1. The second-order valence-corrected chi connectivity index (χ2v) is 5.45. The molecule has 1 rings (SSSR count). The average Bonchev–Trinajstić information content (AvgIpc) is 2.43. The summed E-state index contributed by atoms with van der Waals surface area (Å²) in [6.45, 7) is 2.20. The average molecular weight is 292 g/mol. The van der Waals surface area contributed by atoms with Gasteiger partial charge in [-0.25, -0.2) is 0 Å². The molecule has 0 saturated heterocycles. The first-order valence-electron chi connectivity index (χ1n) is 7.33. The van der Waals surface area contributed by atoms with Crippen LogP contribution in [0.4, 0.5) is 5.69 Å². The minimum atomic E-state index is 0.0561. The van der Waals surface area contributed by atoms with Gasteiger partial charge in [0.2, 0.25) is 5.91 Å². The predicted octanol–water partition coefficient (Wildman–Crippen LogP) is 4.01. The molecule has 3 nitrogen and oxygen atoms in total. The van der Waals surface area contributed by atoms with Crippen LogP contribution in [-0.2, 0) is 4.79 Å². The molecular formula is C16H24N2OS. The summed E-state index contributed by atoms with van der Waals surface area (Å²) in [5.74, 6) is 0.0561. The highest BCUT2D eigenvalue weighted by molar-refractivity contribution is 7.80. The Morgan fingerprint density at radius 2 is 1.90 bits per heavy atom. The summed E-state index contributed by atoms with van der Waals surface area (Å²) in [6, 6.07) is 7.34. The first-order valence-corrected chi connectivity index (χ1v) is 7.74. The molecule has 0 unspecified atom stereocenters. The van der Waals surface area contributed by atoms with Crippen LogP contribution in [0.25, 0.3) is 0 Å². The first-order chi connectivity index (χ1) is 9.63. The zero-order valence-electron chi connectivity index (χ0n) is 12.2. The second-order valence-electron chi connectivity index (χ2n) is 5.01. The third-order valence-electron chi connectivity index (χ3n) is 3.19. The zero-order chi connectivity index (χ0) is 14.8. The lowest BCUT2D eigenvalue weighted by Crippen LogP contribution is -2.13. The number of nitrogens with two attached hydrogens (primary N) is 1. The standard InChI is InChI=1S/C16H24N2OS/c1-2-3-4-5-6-7-11-15(19)18-14-10-8-9-13(12-14)16(17)20/h8-10,12H,2-7,11H2,1H3,(H2,17,20)(H,18,19). The molecule has 0 aliphatic carbocycles. The van der Waals surface area contributed by atoms with Gasteiger partial charge in [0.15, 0.2) is 0 Å². The Bertz CT molecular complexity index is 446.